The van der Waals surface area contributed by atoms with Gasteiger partial charge in [-0.1, -0.05) is 0 Å². The molecule has 0 unspecified atom stereocenters. The molecular formula is C22H24F3N5O. The standard InChI is InChI=1S/C22H24F3N5O/c1-14(2)29(3)8-5-9-31-20-7-6-15(10-16(20)22(23,24)25)17-11-19-21(18(12-26)28-17)27-13-30(19)4/h6-7,10-11,13-14H,5,8-9H2,1-4H3. The van der Waals surface area contributed by atoms with E-state index in [4.69, 9.17) is 4.74 Å². The molecule has 6 nitrogen and oxygen atoms in total. The Labute approximate surface area is 178 Å². The molecule has 0 radical (unpaired) electrons. The van der Waals surface area contributed by atoms with E-state index in [9.17, 15) is 18.4 Å². The number of aryl methyl sites for hydroxylation is 1. The van der Waals surface area contributed by atoms with Gasteiger partial charge in [0.05, 0.1) is 29.7 Å². The van der Waals surface area contributed by atoms with Gasteiger partial charge in [-0.3, -0.25) is 0 Å². The number of aromatic nitrogens is 3. The first-order chi connectivity index (χ1) is 14.6. The summed E-state index contributed by atoms with van der Waals surface area (Å²) in [6.07, 6.45) is -2.45. The first kappa shape index (κ1) is 22.6. The lowest BCUT2D eigenvalue weighted by atomic mass is 10.1. The summed E-state index contributed by atoms with van der Waals surface area (Å²) >= 11 is 0. The minimum Gasteiger partial charge on any atom is -0.493 e. The van der Waals surface area contributed by atoms with Gasteiger partial charge >= 0.3 is 6.18 Å². The van der Waals surface area contributed by atoms with Crippen LogP contribution >= 0.6 is 0 Å². The molecule has 0 aliphatic carbocycles. The van der Waals surface area contributed by atoms with Crippen LogP contribution in [-0.2, 0) is 13.2 Å². The van der Waals surface area contributed by atoms with Crippen molar-refractivity contribution in [3.63, 3.8) is 0 Å². The van der Waals surface area contributed by atoms with Crippen LogP contribution in [0.4, 0.5) is 13.2 Å². The number of fused-ring (bicyclic) bond motifs is 1. The summed E-state index contributed by atoms with van der Waals surface area (Å²) in [7, 11) is 3.71. The van der Waals surface area contributed by atoms with Gasteiger partial charge in [0.2, 0.25) is 0 Å². The first-order valence-electron chi connectivity index (χ1n) is 9.88. The number of rotatable bonds is 7. The molecule has 164 valence electrons. The van der Waals surface area contributed by atoms with Crippen molar-refractivity contribution in [3.8, 4) is 23.1 Å². The predicted octanol–water partition coefficient (Wildman–Crippen LogP) is 4.63. The third kappa shape index (κ3) is 4.97. The van der Waals surface area contributed by atoms with Crippen molar-refractivity contribution >= 4 is 11.0 Å². The maximum Gasteiger partial charge on any atom is 0.419 e. The zero-order valence-electron chi connectivity index (χ0n) is 17.9. The third-order valence-corrected chi connectivity index (χ3v) is 5.19. The summed E-state index contributed by atoms with van der Waals surface area (Å²) < 4.78 is 48.3. The summed E-state index contributed by atoms with van der Waals surface area (Å²) in [5.41, 5.74) is 0.742. The molecule has 31 heavy (non-hydrogen) atoms. The molecule has 0 spiro atoms. The van der Waals surface area contributed by atoms with Crippen LogP contribution in [0.2, 0.25) is 0 Å². The number of nitrogens with zero attached hydrogens (tertiary/aromatic N) is 5. The monoisotopic (exact) mass is 431 g/mol. The van der Waals surface area contributed by atoms with Crippen LogP contribution in [0.25, 0.3) is 22.3 Å². The average Bonchev–Trinajstić information content (AvgIpc) is 3.10. The second-order valence-electron chi connectivity index (χ2n) is 7.68. The van der Waals surface area contributed by atoms with Crippen molar-refractivity contribution in [2.24, 2.45) is 7.05 Å². The fourth-order valence-electron chi connectivity index (χ4n) is 3.14. The number of benzene rings is 1. The highest BCUT2D eigenvalue weighted by atomic mass is 19.4. The molecule has 0 fully saturated rings. The number of nitriles is 1. The molecule has 3 aromatic rings. The van der Waals surface area contributed by atoms with Crippen LogP contribution in [0.1, 0.15) is 31.5 Å². The topological polar surface area (TPSA) is 67.0 Å². The quantitative estimate of drug-likeness (QED) is 0.510. The van der Waals surface area contributed by atoms with Crippen molar-refractivity contribution in [2.75, 3.05) is 20.2 Å². The minimum atomic E-state index is -4.59. The Morgan fingerprint density at radius 2 is 2.00 bits per heavy atom. The van der Waals surface area contributed by atoms with Gasteiger partial charge in [-0.15, -0.1) is 0 Å². The fraction of sp³-hybridized carbons (Fsp3) is 0.409. The number of halogens is 3. The van der Waals surface area contributed by atoms with Crippen molar-refractivity contribution < 1.29 is 17.9 Å². The first-order valence-corrected chi connectivity index (χ1v) is 9.88. The van der Waals surface area contributed by atoms with Gasteiger partial charge in [-0.2, -0.15) is 18.4 Å². The number of ether oxygens (including phenoxy) is 1. The summed E-state index contributed by atoms with van der Waals surface area (Å²) in [5.74, 6) is -0.217. The molecule has 0 aliphatic heterocycles. The van der Waals surface area contributed by atoms with Gasteiger partial charge in [0, 0.05) is 25.2 Å². The van der Waals surface area contributed by atoms with E-state index in [0.29, 0.717) is 23.5 Å². The summed E-state index contributed by atoms with van der Waals surface area (Å²) in [5, 5.41) is 9.37. The molecule has 0 saturated carbocycles. The van der Waals surface area contributed by atoms with E-state index >= 15 is 0 Å². The van der Waals surface area contributed by atoms with Gasteiger partial charge in [-0.05, 0) is 51.6 Å². The molecule has 1 aromatic carbocycles. The normalized spacial score (nSPS) is 12.0. The Balaban J connectivity index is 1.91. The number of hydrogen-bond donors (Lipinski definition) is 0. The van der Waals surface area contributed by atoms with Gasteiger partial charge in [0.15, 0.2) is 5.69 Å². The molecule has 2 aromatic heterocycles. The molecule has 0 saturated heterocycles. The largest absolute Gasteiger partial charge is 0.493 e. The predicted molar refractivity (Wildman–Crippen MR) is 112 cm³/mol. The highest BCUT2D eigenvalue weighted by Gasteiger charge is 2.35. The summed E-state index contributed by atoms with van der Waals surface area (Å²) in [4.78, 5) is 10.5. The zero-order chi connectivity index (χ0) is 22.8. The highest BCUT2D eigenvalue weighted by Crippen LogP contribution is 2.39. The molecule has 0 aliphatic rings. The van der Waals surface area contributed by atoms with E-state index in [2.05, 4.69) is 28.7 Å². The summed E-state index contributed by atoms with van der Waals surface area (Å²) in [6, 6.07) is 7.79. The van der Waals surface area contributed by atoms with E-state index in [1.54, 1.807) is 17.7 Å². The van der Waals surface area contributed by atoms with Crippen LogP contribution in [0.15, 0.2) is 30.6 Å². The Morgan fingerprint density at radius 1 is 1.26 bits per heavy atom. The Kier molecular flexibility index (Phi) is 6.51. The summed E-state index contributed by atoms with van der Waals surface area (Å²) in [6.45, 7) is 5.01. The lowest BCUT2D eigenvalue weighted by molar-refractivity contribution is -0.138. The minimum absolute atomic E-state index is 0.0660. The van der Waals surface area contributed by atoms with E-state index in [1.807, 2.05) is 13.1 Å². The van der Waals surface area contributed by atoms with Gasteiger partial charge < -0.3 is 14.2 Å². The average molecular weight is 431 g/mol. The van der Waals surface area contributed by atoms with Crippen molar-refractivity contribution in [3.05, 3.63) is 41.9 Å². The van der Waals surface area contributed by atoms with Crippen molar-refractivity contribution in [1.82, 2.24) is 19.4 Å². The van der Waals surface area contributed by atoms with Gasteiger partial charge in [0.1, 0.15) is 17.3 Å². The third-order valence-electron chi connectivity index (χ3n) is 5.19. The molecular weight excluding hydrogens is 407 g/mol. The van der Waals surface area contributed by atoms with Gasteiger partial charge in [0.25, 0.3) is 0 Å². The molecule has 0 amide bonds. The molecule has 3 rings (SSSR count). The van der Waals surface area contributed by atoms with Crippen molar-refractivity contribution in [1.29, 1.82) is 5.26 Å². The number of pyridine rings is 1. The molecule has 9 heteroatoms. The number of imidazole rings is 1. The lowest BCUT2D eigenvalue weighted by Crippen LogP contribution is -2.28. The molecule has 2 heterocycles. The van der Waals surface area contributed by atoms with E-state index in [0.717, 1.165) is 12.6 Å². The lowest BCUT2D eigenvalue weighted by Gasteiger charge is -2.21. The maximum atomic E-state index is 13.7. The maximum absolute atomic E-state index is 13.7. The highest BCUT2D eigenvalue weighted by molar-refractivity contribution is 5.84. The van der Waals surface area contributed by atoms with Crippen LogP contribution in [0.5, 0.6) is 5.75 Å². The van der Waals surface area contributed by atoms with E-state index < -0.39 is 11.7 Å². The Hall–Kier alpha value is -3.12. The SMILES string of the molecule is CC(C)N(C)CCCOc1ccc(-c2cc3c(ncn3C)c(C#N)n2)cc1C(F)(F)F. The molecule has 0 bridgehead atoms. The molecule has 0 N–H and O–H groups in total. The van der Waals surface area contributed by atoms with Crippen molar-refractivity contribution in [2.45, 2.75) is 32.5 Å². The van der Waals surface area contributed by atoms with E-state index in [1.165, 1.54) is 18.5 Å². The van der Waals surface area contributed by atoms with E-state index in [-0.39, 0.29) is 29.3 Å². The number of alkyl halides is 3. The second-order valence-corrected chi connectivity index (χ2v) is 7.68. The fourth-order valence-corrected chi connectivity index (χ4v) is 3.14. The zero-order valence-corrected chi connectivity index (χ0v) is 17.9. The van der Waals surface area contributed by atoms with Crippen LogP contribution < -0.4 is 4.74 Å². The molecule has 0 atom stereocenters. The van der Waals surface area contributed by atoms with Gasteiger partial charge in [-0.25, -0.2) is 9.97 Å². The Morgan fingerprint density at radius 3 is 2.65 bits per heavy atom. The van der Waals surface area contributed by atoms with Crippen LogP contribution in [0.3, 0.4) is 0 Å². The second kappa shape index (κ2) is 8.94. The van der Waals surface area contributed by atoms with Crippen LogP contribution in [-0.4, -0.2) is 45.7 Å². The number of hydrogen-bond acceptors (Lipinski definition) is 5. The van der Waals surface area contributed by atoms with Crippen LogP contribution in [0, 0.1) is 11.3 Å². The Bertz CT molecular complexity index is 1110. The smallest absolute Gasteiger partial charge is 0.419 e.